The molecule has 6 nitrogen and oxygen atoms in total. The van der Waals surface area contributed by atoms with Crippen molar-refractivity contribution in [2.24, 2.45) is 0 Å². The second kappa shape index (κ2) is 9.87. The minimum atomic E-state index is -4.79. The van der Waals surface area contributed by atoms with Gasteiger partial charge in [0.25, 0.3) is 10.0 Å². The first-order valence-corrected chi connectivity index (χ1v) is 12.8. The van der Waals surface area contributed by atoms with Gasteiger partial charge in [0.05, 0.1) is 28.1 Å². The van der Waals surface area contributed by atoms with E-state index in [0.717, 1.165) is 37.7 Å². The molecule has 1 saturated heterocycles. The minimum absolute atomic E-state index is 0.151. The number of halogens is 3. The molecule has 0 spiro atoms. The molecule has 0 aliphatic carbocycles. The van der Waals surface area contributed by atoms with E-state index in [-0.39, 0.29) is 5.69 Å². The van der Waals surface area contributed by atoms with E-state index < -0.39 is 26.7 Å². The van der Waals surface area contributed by atoms with E-state index in [2.05, 4.69) is 21.9 Å². The minimum Gasteiger partial charge on any atom is -0.462 e. The van der Waals surface area contributed by atoms with Crippen LogP contribution in [-0.2, 0) is 16.2 Å². The number of rotatable bonds is 8. The van der Waals surface area contributed by atoms with Gasteiger partial charge in [0.1, 0.15) is 0 Å². The van der Waals surface area contributed by atoms with Crippen molar-refractivity contribution in [2.75, 3.05) is 29.7 Å². The molecule has 0 radical (unpaired) electrons. The van der Waals surface area contributed by atoms with Gasteiger partial charge in [-0.25, -0.2) is 8.42 Å². The van der Waals surface area contributed by atoms with Gasteiger partial charge in [-0.05, 0) is 63.1 Å². The summed E-state index contributed by atoms with van der Waals surface area (Å²) < 4.78 is 73.7. The number of nitrogens with one attached hydrogen (secondary N) is 2. The van der Waals surface area contributed by atoms with Gasteiger partial charge >= 0.3 is 6.18 Å². The smallest absolute Gasteiger partial charge is 0.417 e. The third-order valence-electron chi connectivity index (χ3n) is 6.16. The van der Waals surface area contributed by atoms with Crippen molar-refractivity contribution in [2.45, 2.75) is 49.7 Å². The summed E-state index contributed by atoms with van der Waals surface area (Å²) in [6.45, 7) is 4.94. The summed E-state index contributed by atoms with van der Waals surface area (Å²) in [6.07, 6.45) is 1.27. The number of benzene rings is 2. The standard InChI is InChI=1S/C24H28F3N3O3S/c1-17-7-4-5-12-30(17)13-6-11-28-21-16-19(15-18-10-14-33-23(18)21)29-34(31,32)22-9-3-2-8-20(22)24(25,26)27/h2-3,8-10,14-17,28-29H,4-7,11-13H2,1H3. The summed E-state index contributed by atoms with van der Waals surface area (Å²) in [5.74, 6) is 0. The Morgan fingerprint density at radius 2 is 1.94 bits per heavy atom. The number of sulfonamides is 1. The summed E-state index contributed by atoms with van der Waals surface area (Å²) in [5, 5.41) is 3.93. The van der Waals surface area contributed by atoms with Crippen molar-refractivity contribution >= 4 is 32.4 Å². The van der Waals surface area contributed by atoms with Crippen LogP contribution < -0.4 is 10.0 Å². The Bertz CT molecular complexity index is 1240. The molecule has 2 aromatic carbocycles. The van der Waals surface area contributed by atoms with Gasteiger partial charge in [-0.1, -0.05) is 18.6 Å². The second-order valence-corrected chi connectivity index (χ2v) is 10.3. The van der Waals surface area contributed by atoms with Crippen LogP contribution in [0, 0.1) is 0 Å². The second-order valence-electron chi connectivity index (χ2n) is 8.62. The molecule has 2 heterocycles. The average molecular weight is 496 g/mol. The Kier molecular flexibility index (Phi) is 7.09. The lowest BCUT2D eigenvalue weighted by atomic mass is 10.0. The average Bonchev–Trinajstić information content (AvgIpc) is 3.26. The summed E-state index contributed by atoms with van der Waals surface area (Å²) in [4.78, 5) is 1.65. The first-order chi connectivity index (χ1) is 16.1. The zero-order valence-electron chi connectivity index (χ0n) is 18.9. The number of hydrogen-bond donors (Lipinski definition) is 2. The van der Waals surface area contributed by atoms with Crippen LogP contribution in [0.25, 0.3) is 11.0 Å². The van der Waals surface area contributed by atoms with Crippen LogP contribution in [0.15, 0.2) is 58.0 Å². The highest BCUT2D eigenvalue weighted by molar-refractivity contribution is 7.92. The number of anilines is 2. The molecule has 1 atom stereocenters. The Balaban J connectivity index is 1.51. The molecule has 4 rings (SSSR count). The maximum absolute atomic E-state index is 13.4. The molecule has 3 aromatic rings. The van der Waals surface area contributed by atoms with Crippen LogP contribution in [0.3, 0.4) is 0 Å². The SMILES string of the molecule is CC1CCCCN1CCCNc1cc(NS(=O)(=O)c2ccccc2C(F)(F)F)cc2ccoc12. The van der Waals surface area contributed by atoms with Crippen molar-refractivity contribution in [3.63, 3.8) is 0 Å². The molecule has 1 fully saturated rings. The Labute approximate surface area is 197 Å². The fraction of sp³-hybridized carbons (Fsp3) is 0.417. The maximum Gasteiger partial charge on any atom is 0.417 e. The lowest BCUT2D eigenvalue weighted by Crippen LogP contribution is -2.38. The molecule has 184 valence electrons. The van der Waals surface area contributed by atoms with Crippen molar-refractivity contribution in [3.8, 4) is 0 Å². The molecule has 1 aliphatic rings. The lowest BCUT2D eigenvalue weighted by Gasteiger charge is -2.33. The van der Waals surface area contributed by atoms with Gasteiger partial charge in [-0.2, -0.15) is 13.2 Å². The van der Waals surface area contributed by atoms with Crippen LogP contribution in [0.2, 0.25) is 0 Å². The predicted molar refractivity (Wildman–Crippen MR) is 126 cm³/mol. The molecule has 1 aromatic heterocycles. The van der Waals surface area contributed by atoms with Gasteiger partial charge in [-0.3, -0.25) is 4.72 Å². The monoisotopic (exact) mass is 495 g/mol. The largest absolute Gasteiger partial charge is 0.462 e. The first-order valence-electron chi connectivity index (χ1n) is 11.3. The molecule has 10 heteroatoms. The van der Waals surface area contributed by atoms with Crippen molar-refractivity contribution in [3.05, 3.63) is 54.3 Å². The van der Waals surface area contributed by atoms with Crippen LogP contribution in [0.5, 0.6) is 0 Å². The van der Waals surface area contributed by atoms with Crippen LogP contribution in [-0.4, -0.2) is 39.0 Å². The number of furan rings is 1. The van der Waals surface area contributed by atoms with Crippen LogP contribution >= 0.6 is 0 Å². The number of nitrogens with zero attached hydrogens (tertiary/aromatic N) is 1. The van der Waals surface area contributed by atoms with Gasteiger partial charge in [0, 0.05) is 24.5 Å². The number of likely N-dealkylation sites (tertiary alicyclic amines) is 1. The van der Waals surface area contributed by atoms with E-state index in [4.69, 9.17) is 4.42 Å². The first kappa shape index (κ1) is 24.4. The van der Waals surface area contributed by atoms with E-state index in [1.54, 1.807) is 12.1 Å². The number of piperidine rings is 1. The number of alkyl halides is 3. The number of hydrogen-bond acceptors (Lipinski definition) is 5. The van der Waals surface area contributed by atoms with Crippen LogP contribution in [0.4, 0.5) is 24.5 Å². The molecule has 0 bridgehead atoms. The fourth-order valence-corrected chi connectivity index (χ4v) is 5.68. The molecule has 1 unspecified atom stereocenters. The number of fused-ring (bicyclic) bond motifs is 1. The van der Waals surface area contributed by atoms with Gasteiger partial charge in [0.15, 0.2) is 5.58 Å². The Morgan fingerprint density at radius 1 is 1.15 bits per heavy atom. The summed E-state index contributed by atoms with van der Waals surface area (Å²) in [5.41, 5.74) is 0.0798. The van der Waals surface area contributed by atoms with Gasteiger partial charge in [0.2, 0.25) is 0 Å². The maximum atomic E-state index is 13.4. The summed E-state index contributed by atoms with van der Waals surface area (Å²) in [6, 6.07) is 9.45. The van der Waals surface area contributed by atoms with Crippen molar-refractivity contribution < 1.29 is 26.0 Å². The normalized spacial score (nSPS) is 17.7. The topological polar surface area (TPSA) is 74.6 Å². The van der Waals surface area contributed by atoms with E-state index >= 15 is 0 Å². The molecule has 0 saturated carbocycles. The third kappa shape index (κ3) is 5.50. The Hall–Kier alpha value is -2.72. The highest BCUT2D eigenvalue weighted by Crippen LogP contribution is 2.35. The fourth-order valence-electron chi connectivity index (χ4n) is 4.41. The zero-order chi connectivity index (χ0) is 24.3. The molecule has 1 aliphatic heterocycles. The molecule has 0 amide bonds. The molecule has 34 heavy (non-hydrogen) atoms. The van der Waals surface area contributed by atoms with E-state index in [0.29, 0.717) is 29.2 Å². The van der Waals surface area contributed by atoms with E-state index in [9.17, 15) is 21.6 Å². The predicted octanol–water partition coefficient (Wildman–Crippen LogP) is 5.93. The van der Waals surface area contributed by atoms with E-state index in [1.807, 2.05) is 0 Å². The zero-order valence-corrected chi connectivity index (χ0v) is 19.7. The van der Waals surface area contributed by atoms with Crippen molar-refractivity contribution in [1.29, 1.82) is 0 Å². The molecule has 2 N–H and O–H groups in total. The van der Waals surface area contributed by atoms with Gasteiger partial charge < -0.3 is 14.6 Å². The lowest BCUT2D eigenvalue weighted by molar-refractivity contribution is -0.139. The highest BCUT2D eigenvalue weighted by Gasteiger charge is 2.37. The quantitative estimate of drug-likeness (QED) is 0.379. The molecular formula is C24H28F3N3O3S. The van der Waals surface area contributed by atoms with Gasteiger partial charge in [-0.15, -0.1) is 0 Å². The highest BCUT2D eigenvalue weighted by atomic mass is 32.2. The van der Waals surface area contributed by atoms with Crippen molar-refractivity contribution in [1.82, 2.24) is 4.90 Å². The van der Waals surface area contributed by atoms with E-state index in [1.165, 1.54) is 37.7 Å². The molecular weight excluding hydrogens is 467 g/mol. The van der Waals surface area contributed by atoms with Crippen LogP contribution in [0.1, 0.15) is 38.2 Å². The Morgan fingerprint density at radius 3 is 2.71 bits per heavy atom. The third-order valence-corrected chi connectivity index (χ3v) is 7.60. The summed E-state index contributed by atoms with van der Waals surface area (Å²) in [7, 11) is -4.48. The summed E-state index contributed by atoms with van der Waals surface area (Å²) >= 11 is 0.